The van der Waals surface area contributed by atoms with E-state index in [2.05, 4.69) is 31.4 Å². The number of halogens is 5. The molecule has 0 bridgehead atoms. The lowest BCUT2D eigenvalue weighted by atomic mass is 10.2. The van der Waals surface area contributed by atoms with Gasteiger partial charge in [0.05, 0.1) is 21.7 Å². The van der Waals surface area contributed by atoms with Crippen LogP contribution in [0.3, 0.4) is 0 Å². The molecule has 0 unspecified atom stereocenters. The zero-order chi connectivity index (χ0) is 21.4. The van der Waals surface area contributed by atoms with Crippen molar-refractivity contribution in [2.24, 2.45) is 0 Å². The molecule has 0 radical (unpaired) electrons. The number of anilines is 1. The van der Waals surface area contributed by atoms with E-state index in [-0.39, 0.29) is 17.5 Å². The largest absolute Gasteiger partial charge is 0.307 e. The molecular formula is C19H16BrCl2F2N5O. The molecule has 30 heavy (non-hydrogen) atoms. The van der Waals surface area contributed by atoms with Gasteiger partial charge in [0.25, 0.3) is 6.43 Å². The number of nitrogens with zero attached hydrogens (tertiary/aromatic N) is 4. The Morgan fingerprint density at radius 1 is 1.27 bits per heavy atom. The van der Waals surface area contributed by atoms with Crippen molar-refractivity contribution in [2.45, 2.75) is 38.3 Å². The van der Waals surface area contributed by atoms with Crippen molar-refractivity contribution in [3.63, 3.8) is 0 Å². The van der Waals surface area contributed by atoms with Crippen molar-refractivity contribution in [3.05, 3.63) is 61.9 Å². The molecule has 0 atom stereocenters. The molecule has 1 N–H and O–H groups in total. The van der Waals surface area contributed by atoms with Crippen molar-refractivity contribution < 1.29 is 13.6 Å². The van der Waals surface area contributed by atoms with Crippen LogP contribution >= 0.6 is 39.1 Å². The van der Waals surface area contributed by atoms with E-state index < -0.39 is 18.0 Å². The van der Waals surface area contributed by atoms with E-state index in [1.165, 1.54) is 4.68 Å². The summed E-state index contributed by atoms with van der Waals surface area (Å²) in [6.07, 6.45) is 0.601. The first-order valence-corrected chi connectivity index (χ1v) is 10.7. The van der Waals surface area contributed by atoms with Gasteiger partial charge < -0.3 is 5.32 Å². The van der Waals surface area contributed by atoms with Crippen molar-refractivity contribution in [1.82, 2.24) is 19.6 Å². The summed E-state index contributed by atoms with van der Waals surface area (Å²) in [4.78, 5) is 12.5. The molecule has 6 nitrogen and oxygen atoms in total. The number of hydrogen-bond acceptors (Lipinski definition) is 3. The van der Waals surface area contributed by atoms with Crippen LogP contribution in [-0.2, 0) is 17.9 Å². The van der Waals surface area contributed by atoms with Crippen LogP contribution in [0.2, 0.25) is 10.0 Å². The predicted molar refractivity (Wildman–Crippen MR) is 113 cm³/mol. The first kappa shape index (κ1) is 21.3. The SMILES string of the molecule is O=C(Cn1nc(C(F)F)c(Cl)c1C1CC1)Nc1nn(Cc2ccccc2Cl)cc1Br. The lowest BCUT2D eigenvalue weighted by molar-refractivity contribution is -0.117. The Morgan fingerprint density at radius 3 is 2.67 bits per heavy atom. The molecule has 1 amide bonds. The molecule has 158 valence electrons. The van der Waals surface area contributed by atoms with E-state index in [0.717, 1.165) is 18.4 Å². The molecule has 0 saturated heterocycles. The van der Waals surface area contributed by atoms with Gasteiger partial charge in [0.2, 0.25) is 5.91 Å². The predicted octanol–water partition coefficient (Wildman–Crippen LogP) is 5.65. The molecule has 1 aromatic carbocycles. The maximum Gasteiger partial charge on any atom is 0.283 e. The summed E-state index contributed by atoms with van der Waals surface area (Å²) in [5.74, 6) is -0.0696. The van der Waals surface area contributed by atoms with Gasteiger partial charge in [-0.15, -0.1) is 0 Å². The summed E-state index contributed by atoms with van der Waals surface area (Å²) < 4.78 is 29.8. The third-order valence-electron chi connectivity index (χ3n) is 4.69. The number of aromatic nitrogens is 4. The van der Waals surface area contributed by atoms with E-state index in [1.807, 2.05) is 18.2 Å². The monoisotopic (exact) mass is 517 g/mol. The van der Waals surface area contributed by atoms with E-state index in [1.54, 1.807) is 16.9 Å². The summed E-state index contributed by atoms with van der Waals surface area (Å²) >= 11 is 15.6. The van der Waals surface area contributed by atoms with Gasteiger partial charge in [-0.05, 0) is 40.4 Å². The number of rotatable bonds is 7. The fourth-order valence-corrected chi connectivity index (χ4v) is 4.13. The van der Waals surface area contributed by atoms with E-state index in [0.29, 0.717) is 27.6 Å². The summed E-state index contributed by atoms with van der Waals surface area (Å²) in [5, 5.41) is 11.5. The standard InChI is InChI=1S/C19H16BrCl2F2N5O/c20-12-8-28(7-11-3-1-2-4-13(11)21)27-19(12)25-14(30)9-29-17(10-5-6-10)15(22)16(26-29)18(23)24/h1-4,8,10,18H,5-7,9H2,(H,25,27,30). The molecule has 2 heterocycles. The van der Waals surface area contributed by atoms with Crippen LogP contribution in [0, 0.1) is 0 Å². The zero-order valence-electron chi connectivity index (χ0n) is 15.5. The topological polar surface area (TPSA) is 64.7 Å². The quantitative estimate of drug-likeness (QED) is 0.439. The Kier molecular flexibility index (Phi) is 6.13. The molecule has 3 aromatic rings. The van der Waals surface area contributed by atoms with Gasteiger partial charge >= 0.3 is 0 Å². The normalized spacial score (nSPS) is 13.8. The van der Waals surface area contributed by atoms with Gasteiger partial charge in [0.15, 0.2) is 5.82 Å². The molecule has 1 aliphatic rings. The lowest BCUT2D eigenvalue weighted by Crippen LogP contribution is -2.21. The highest BCUT2D eigenvalue weighted by molar-refractivity contribution is 9.10. The van der Waals surface area contributed by atoms with E-state index in [4.69, 9.17) is 23.2 Å². The number of carbonyl (C=O) groups excluding carboxylic acids is 1. The third-order valence-corrected chi connectivity index (χ3v) is 6.02. The van der Waals surface area contributed by atoms with E-state index in [9.17, 15) is 13.6 Å². The summed E-state index contributed by atoms with van der Waals surface area (Å²) in [6.45, 7) is 0.189. The molecule has 1 fully saturated rings. The van der Waals surface area contributed by atoms with Gasteiger partial charge in [0, 0.05) is 17.1 Å². The number of carbonyl (C=O) groups is 1. The van der Waals surface area contributed by atoms with Crippen LogP contribution in [0.15, 0.2) is 34.9 Å². The molecule has 1 aliphatic carbocycles. The number of hydrogen-bond donors (Lipinski definition) is 1. The van der Waals surface area contributed by atoms with Crippen LogP contribution in [0.25, 0.3) is 0 Å². The van der Waals surface area contributed by atoms with Crippen molar-refractivity contribution in [3.8, 4) is 0 Å². The molecule has 2 aromatic heterocycles. The summed E-state index contributed by atoms with van der Waals surface area (Å²) in [6, 6.07) is 7.40. The Labute approximate surface area is 189 Å². The summed E-state index contributed by atoms with van der Waals surface area (Å²) in [7, 11) is 0. The fraction of sp³-hybridized carbons (Fsp3) is 0.316. The maximum absolute atomic E-state index is 13.2. The van der Waals surface area contributed by atoms with Crippen LogP contribution < -0.4 is 5.32 Å². The maximum atomic E-state index is 13.2. The molecule has 4 rings (SSSR count). The Bertz CT molecular complexity index is 1100. The minimum atomic E-state index is -2.80. The van der Waals surface area contributed by atoms with Gasteiger partial charge in [-0.25, -0.2) is 8.78 Å². The fourth-order valence-electron chi connectivity index (χ4n) is 3.15. The lowest BCUT2D eigenvalue weighted by Gasteiger charge is -2.07. The average Bonchev–Trinajstić information content (AvgIpc) is 3.38. The van der Waals surface area contributed by atoms with Crippen LogP contribution in [0.4, 0.5) is 14.6 Å². The highest BCUT2D eigenvalue weighted by Crippen LogP contribution is 2.45. The second kappa shape index (κ2) is 8.64. The molecular weight excluding hydrogens is 503 g/mol. The first-order chi connectivity index (χ1) is 14.3. The van der Waals surface area contributed by atoms with Crippen LogP contribution in [-0.4, -0.2) is 25.5 Å². The van der Waals surface area contributed by atoms with Crippen molar-refractivity contribution in [1.29, 1.82) is 0 Å². The Morgan fingerprint density at radius 2 is 2.00 bits per heavy atom. The number of amides is 1. The van der Waals surface area contributed by atoms with Crippen molar-refractivity contribution in [2.75, 3.05) is 5.32 Å². The number of benzene rings is 1. The molecule has 0 aliphatic heterocycles. The minimum absolute atomic E-state index is 0.0505. The van der Waals surface area contributed by atoms with E-state index >= 15 is 0 Å². The Balaban J connectivity index is 1.48. The molecule has 0 spiro atoms. The second-order valence-electron chi connectivity index (χ2n) is 6.98. The number of nitrogens with one attached hydrogen (secondary N) is 1. The zero-order valence-corrected chi connectivity index (χ0v) is 18.6. The smallest absolute Gasteiger partial charge is 0.283 e. The average molecular weight is 519 g/mol. The van der Waals surface area contributed by atoms with Gasteiger partial charge in [0.1, 0.15) is 12.2 Å². The third kappa shape index (κ3) is 4.53. The van der Waals surface area contributed by atoms with Crippen molar-refractivity contribution >= 4 is 50.9 Å². The minimum Gasteiger partial charge on any atom is -0.307 e. The second-order valence-corrected chi connectivity index (χ2v) is 8.62. The first-order valence-electron chi connectivity index (χ1n) is 9.14. The van der Waals surface area contributed by atoms with Gasteiger partial charge in [-0.2, -0.15) is 10.2 Å². The van der Waals surface area contributed by atoms with Crippen LogP contribution in [0.1, 0.15) is 42.1 Å². The van der Waals surface area contributed by atoms with Gasteiger partial charge in [-0.1, -0.05) is 41.4 Å². The molecule has 1 saturated carbocycles. The Hall–Kier alpha value is -1.97. The highest BCUT2D eigenvalue weighted by atomic mass is 79.9. The summed E-state index contributed by atoms with van der Waals surface area (Å²) in [5.41, 5.74) is 0.883. The molecule has 11 heteroatoms. The van der Waals surface area contributed by atoms with Gasteiger partial charge in [-0.3, -0.25) is 14.2 Å². The van der Waals surface area contributed by atoms with Crippen LogP contribution in [0.5, 0.6) is 0 Å². The number of alkyl halides is 2. The highest BCUT2D eigenvalue weighted by Gasteiger charge is 2.34.